The van der Waals surface area contributed by atoms with Crippen molar-refractivity contribution in [2.75, 3.05) is 6.26 Å². The average Bonchev–Trinajstić information content (AvgIpc) is 2.69. The Balaban J connectivity index is 1.75. The molecule has 1 saturated carbocycles. The van der Waals surface area contributed by atoms with Crippen molar-refractivity contribution >= 4 is 15.7 Å². The maximum absolute atomic E-state index is 12.5. The first-order valence-electron chi connectivity index (χ1n) is 9.68. The van der Waals surface area contributed by atoms with E-state index in [9.17, 15) is 23.1 Å². The second-order valence-electron chi connectivity index (χ2n) is 8.09. The van der Waals surface area contributed by atoms with Crippen molar-refractivity contribution in [1.29, 1.82) is 0 Å². The Morgan fingerprint density at radius 3 is 2.33 bits per heavy atom. The highest BCUT2D eigenvalue weighted by atomic mass is 32.2. The molecule has 1 aromatic carbocycles. The predicted molar refractivity (Wildman–Crippen MR) is 112 cm³/mol. The summed E-state index contributed by atoms with van der Waals surface area (Å²) in [5, 5.41) is 18.3. The van der Waals surface area contributed by atoms with Gasteiger partial charge in [0.05, 0.1) is 6.10 Å². The number of hydroxylamine groups is 1. The smallest absolute Gasteiger partial charge is 0.264 e. The number of pyridine rings is 1. The van der Waals surface area contributed by atoms with Gasteiger partial charge in [-0.15, -0.1) is 0 Å². The highest BCUT2D eigenvalue weighted by Gasteiger charge is 2.43. The van der Waals surface area contributed by atoms with Crippen molar-refractivity contribution < 1.29 is 23.5 Å². The summed E-state index contributed by atoms with van der Waals surface area (Å²) in [6.07, 6.45) is 3.65. The summed E-state index contributed by atoms with van der Waals surface area (Å²) in [5.41, 5.74) is 3.85. The van der Waals surface area contributed by atoms with Gasteiger partial charge < -0.3 is 9.67 Å². The van der Waals surface area contributed by atoms with Gasteiger partial charge in [-0.25, -0.2) is 13.9 Å². The molecule has 30 heavy (non-hydrogen) atoms. The highest BCUT2D eigenvalue weighted by Crippen LogP contribution is 2.37. The van der Waals surface area contributed by atoms with Crippen molar-refractivity contribution in [2.24, 2.45) is 0 Å². The molecule has 8 nitrogen and oxygen atoms in total. The summed E-state index contributed by atoms with van der Waals surface area (Å²) in [6, 6.07) is 11.1. The largest absolute Gasteiger partial charge is 0.393 e. The van der Waals surface area contributed by atoms with E-state index >= 15 is 0 Å². The summed E-state index contributed by atoms with van der Waals surface area (Å²) in [5.74, 6) is -0.656. The number of amides is 1. The Morgan fingerprint density at radius 2 is 1.83 bits per heavy atom. The molecule has 1 atom stereocenters. The van der Waals surface area contributed by atoms with Gasteiger partial charge in [0, 0.05) is 25.1 Å². The van der Waals surface area contributed by atoms with Gasteiger partial charge in [0.25, 0.3) is 11.5 Å². The van der Waals surface area contributed by atoms with Crippen molar-refractivity contribution in [3.8, 4) is 11.1 Å². The van der Waals surface area contributed by atoms with Crippen LogP contribution >= 0.6 is 0 Å². The van der Waals surface area contributed by atoms with Crippen molar-refractivity contribution in [1.82, 2.24) is 10.0 Å². The fourth-order valence-electron chi connectivity index (χ4n) is 3.60. The quantitative estimate of drug-likeness (QED) is 0.447. The summed E-state index contributed by atoms with van der Waals surface area (Å²) >= 11 is 0. The third kappa shape index (κ3) is 4.33. The van der Waals surface area contributed by atoms with E-state index in [1.54, 1.807) is 12.3 Å². The minimum atomic E-state index is -3.83. The molecule has 1 aromatic heterocycles. The second kappa shape index (κ2) is 8.33. The molecule has 0 bridgehead atoms. The number of aliphatic hydroxyl groups is 1. The highest BCUT2D eigenvalue weighted by molar-refractivity contribution is 7.92. The zero-order chi connectivity index (χ0) is 22.1. The number of hydrogen-bond donors (Lipinski definition) is 3. The van der Waals surface area contributed by atoms with E-state index in [1.807, 2.05) is 24.3 Å². The summed E-state index contributed by atoms with van der Waals surface area (Å²) in [7, 11) is -3.83. The van der Waals surface area contributed by atoms with Crippen LogP contribution in [0.1, 0.15) is 37.7 Å². The molecule has 2 aromatic rings. The van der Waals surface area contributed by atoms with Crippen LogP contribution in [0.15, 0.2) is 47.4 Å². The van der Waals surface area contributed by atoms with E-state index in [4.69, 9.17) is 5.21 Å². The number of rotatable bonds is 7. The third-order valence-electron chi connectivity index (χ3n) is 6.05. The van der Waals surface area contributed by atoms with Gasteiger partial charge in [-0.05, 0) is 54.9 Å². The normalized spacial score (nSPS) is 20.8. The lowest BCUT2D eigenvalue weighted by Gasteiger charge is -2.31. The first-order valence-corrected chi connectivity index (χ1v) is 11.6. The SMILES string of the molecule is C[C@@](CCn1ccc(-c2ccc([C@H]3C[C@H](O)C3)cc2)cc1=O)(C(=O)NO)S(C)(=O)=O. The average molecular weight is 435 g/mol. The van der Waals surface area contributed by atoms with Crippen LogP contribution in [0.3, 0.4) is 0 Å². The lowest BCUT2D eigenvalue weighted by molar-refractivity contribution is -0.131. The van der Waals surface area contributed by atoms with Gasteiger partial charge in [-0.1, -0.05) is 24.3 Å². The Hall–Kier alpha value is -2.49. The maximum Gasteiger partial charge on any atom is 0.264 e. The van der Waals surface area contributed by atoms with Crippen LogP contribution in [0.2, 0.25) is 0 Å². The van der Waals surface area contributed by atoms with Crippen LogP contribution in [-0.2, 0) is 21.2 Å². The van der Waals surface area contributed by atoms with E-state index < -0.39 is 20.5 Å². The second-order valence-corrected chi connectivity index (χ2v) is 10.5. The molecule has 1 aliphatic rings. The lowest BCUT2D eigenvalue weighted by atomic mass is 9.77. The Bertz CT molecular complexity index is 1090. The molecule has 0 unspecified atom stereocenters. The molecule has 0 radical (unpaired) electrons. The summed E-state index contributed by atoms with van der Waals surface area (Å²) < 4.78 is 23.6. The van der Waals surface area contributed by atoms with Crippen molar-refractivity contribution in [2.45, 2.75) is 49.5 Å². The number of aromatic nitrogens is 1. The number of carbonyl (C=O) groups is 1. The zero-order valence-electron chi connectivity index (χ0n) is 16.9. The number of benzene rings is 1. The van der Waals surface area contributed by atoms with Gasteiger partial charge >= 0.3 is 0 Å². The number of aryl methyl sites for hydroxylation is 1. The number of nitrogens with one attached hydrogen (secondary N) is 1. The monoisotopic (exact) mass is 434 g/mol. The third-order valence-corrected chi connectivity index (χ3v) is 8.08. The minimum absolute atomic E-state index is 0.000945. The Kier molecular flexibility index (Phi) is 6.16. The molecular weight excluding hydrogens is 408 g/mol. The fraction of sp³-hybridized carbons (Fsp3) is 0.429. The fourth-order valence-corrected chi connectivity index (χ4v) is 4.44. The predicted octanol–water partition coefficient (Wildman–Crippen LogP) is 1.45. The molecular formula is C21H26N2O6S. The number of carbonyl (C=O) groups excluding carboxylic acids is 1. The zero-order valence-corrected chi connectivity index (χ0v) is 17.7. The molecule has 3 N–H and O–H groups in total. The first-order chi connectivity index (χ1) is 14.0. The van der Waals surface area contributed by atoms with Gasteiger partial charge in [-0.2, -0.15) is 0 Å². The molecule has 3 rings (SSSR count). The summed E-state index contributed by atoms with van der Waals surface area (Å²) in [4.78, 5) is 24.4. The number of sulfone groups is 1. The molecule has 9 heteroatoms. The van der Waals surface area contributed by atoms with Crippen LogP contribution in [0.4, 0.5) is 0 Å². The van der Waals surface area contributed by atoms with Gasteiger partial charge in [0.2, 0.25) is 0 Å². The number of nitrogens with zero attached hydrogens (tertiary/aromatic N) is 1. The maximum atomic E-state index is 12.5. The molecule has 0 spiro atoms. The standard InChI is InChI=1S/C21H26N2O6S/c1-21(20(26)22-27,30(2,28)29)8-10-23-9-7-16(13-19(23)25)14-3-5-15(6-4-14)17-11-18(24)12-17/h3-7,9,13,17-18,24,27H,8,10-12H2,1-2H3,(H,22,26)/t17-,18-,21-/m1/s1. The number of hydrogen-bond acceptors (Lipinski definition) is 6. The van der Waals surface area contributed by atoms with Crippen LogP contribution in [-0.4, -0.2) is 46.3 Å². The Morgan fingerprint density at radius 1 is 1.20 bits per heavy atom. The van der Waals surface area contributed by atoms with Crippen LogP contribution < -0.4 is 11.0 Å². The molecule has 1 fully saturated rings. The Labute approximate surface area is 175 Å². The van der Waals surface area contributed by atoms with Crippen molar-refractivity contribution in [3.05, 3.63) is 58.5 Å². The summed E-state index contributed by atoms with van der Waals surface area (Å²) in [6.45, 7) is 1.22. The first kappa shape index (κ1) is 22.2. The van der Waals surface area contributed by atoms with Gasteiger partial charge in [-0.3, -0.25) is 14.8 Å². The van der Waals surface area contributed by atoms with Crippen LogP contribution in [0.5, 0.6) is 0 Å². The topological polar surface area (TPSA) is 126 Å². The lowest BCUT2D eigenvalue weighted by Crippen LogP contribution is -2.49. The van der Waals surface area contributed by atoms with Crippen LogP contribution in [0, 0.1) is 0 Å². The minimum Gasteiger partial charge on any atom is -0.393 e. The van der Waals surface area contributed by atoms with Crippen molar-refractivity contribution in [3.63, 3.8) is 0 Å². The van der Waals surface area contributed by atoms with Gasteiger partial charge in [0.1, 0.15) is 0 Å². The molecule has 0 aliphatic heterocycles. The van der Waals surface area contributed by atoms with E-state index in [-0.39, 0.29) is 24.6 Å². The van der Waals surface area contributed by atoms with E-state index in [0.29, 0.717) is 5.92 Å². The molecule has 162 valence electrons. The van der Waals surface area contributed by atoms with E-state index in [1.165, 1.54) is 28.6 Å². The van der Waals surface area contributed by atoms with Crippen LogP contribution in [0.25, 0.3) is 11.1 Å². The molecule has 0 saturated heterocycles. The van der Waals surface area contributed by atoms with Gasteiger partial charge in [0.15, 0.2) is 14.6 Å². The number of aliphatic hydroxyl groups excluding tert-OH is 1. The molecule has 1 heterocycles. The molecule has 1 aliphatic carbocycles. The molecule has 1 amide bonds. The van der Waals surface area contributed by atoms with E-state index in [0.717, 1.165) is 30.2 Å². The van der Waals surface area contributed by atoms with E-state index in [2.05, 4.69) is 0 Å².